The lowest BCUT2D eigenvalue weighted by Crippen LogP contribution is -2.39. The molecule has 1 N–H and O–H groups in total. The standard InChI is InChI=1S/C25H28N2O4/c1-16-11-17(2)21-13-19(24(28)26-22(21)12-16)15-27(25(29)23-5-4-10-31-23)14-18-6-8-20(30-3)9-7-18/h6-9,11-13,23H,4-5,10,14-15H2,1-3H3,(H,26,28). The molecule has 0 radical (unpaired) electrons. The first-order valence-corrected chi connectivity index (χ1v) is 10.6. The molecule has 1 aliphatic heterocycles. The maximum Gasteiger partial charge on any atom is 0.253 e. The second-order valence-corrected chi connectivity index (χ2v) is 8.21. The summed E-state index contributed by atoms with van der Waals surface area (Å²) in [7, 11) is 1.62. The second kappa shape index (κ2) is 8.94. The van der Waals surface area contributed by atoms with Crippen molar-refractivity contribution in [1.29, 1.82) is 0 Å². The van der Waals surface area contributed by atoms with Gasteiger partial charge in [0, 0.05) is 29.6 Å². The molecule has 0 saturated carbocycles. The minimum Gasteiger partial charge on any atom is -0.497 e. The molecule has 6 heteroatoms. The third kappa shape index (κ3) is 4.64. The molecule has 1 unspecified atom stereocenters. The molecular formula is C25H28N2O4. The zero-order valence-corrected chi connectivity index (χ0v) is 18.2. The van der Waals surface area contributed by atoms with Crippen molar-refractivity contribution >= 4 is 16.8 Å². The molecular weight excluding hydrogens is 392 g/mol. The van der Waals surface area contributed by atoms with Crippen LogP contribution >= 0.6 is 0 Å². The van der Waals surface area contributed by atoms with E-state index in [2.05, 4.69) is 11.1 Å². The van der Waals surface area contributed by atoms with Crippen LogP contribution in [0.15, 0.2) is 47.3 Å². The lowest BCUT2D eigenvalue weighted by Gasteiger charge is -2.25. The number of nitrogens with one attached hydrogen (secondary N) is 1. The molecule has 1 aliphatic rings. The molecule has 31 heavy (non-hydrogen) atoms. The summed E-state index contributed by atoms with van der Waals surface area (Å²) in [4.78, 5) is 30.8. The number of carbonyl (C=O) groups is 1. The van der Waals surface area contributed by atoms with Gasteiger partial charge < -0.3 is 19.4 Å². The molecule has 3 aromatic rings. The highest BCUT2D eigenvalue weighted by atomic mass is 16.5. The van der Waals surface area contributed by atoms with Crippen molar-refractivity contribution < 1.29 is 14.3 Å². The molecule has 1 aromatic heterocycles. The number of carbonyl (C=O) groups excluding carboxylic acids is 1. The zero-order valence-electron chi connectivity index (χ0n) is 18.2. The van der Waals surface area contributed by atoms with Crippen LogP contribution in [0.5, 0.6) is 5.75 Å². The summed E-state index contributed by atoms with van der Waals surface area (Å²) >= 11 is 0. The van der Waals surface area contributed by atoms with Crippen molar-refractivity contribution in [2.45, 2.75) is 45.9 Å². The third-order valence-corrected chi connectivity index (χ3v) is 5.80. The van der Waals surface area contributed by atoms with Gasteiger partial charge in [0.2, 0.25) is 0 Å². The monoisotopic (exact) mass is 420 g/mol. The largest absolute Gasteiger partial charge is 0.497 e. The van der Waals surface area contributed by atoms with E-state index in [0.717, 1.165) is 39.8 Å². The number of fused-ring (bicyclic) bond motifs is 1. The number of methoxy groups -OCH3 is 1. The van der Waals surface area contributed by atoms with Gasteiger partial charge in [-0.05, 0) is 67.6 Å². The van der Waals surface area contributed by atoms with Crippen LogP contribution in [0.3, 0.4) is 0 Å². The number of hydrogen-bond acceptors (Lipinski definition) is 4. The fourth-order valence-corrected chi connectivity index (χ4v) is 4.18. The number of aromatic nitrogens is 1. The number of amides is 1. The Bertz CT molecular complexity index is 1140. The number of H-pyrrole nitrogens is 1. The van der Waals surface area contributed by atoms with Gasteiger partial charge in [-0.25, -0.2) is 0 Å². The Balaban J connectivity index is 1.66. The summed E-state index contributed by atoms with van der Waals surface area (Å²) in [6.45, 7) is 5.26. The number of pyridine rings is 1. The van der Waals surface area contributed by atoms with Crippen LogP contribution < -0.4 is 10.3 Å². The zero-order chi connectivity index (χ0) is 22.0. The van der Waals surface area contributed by atoms with E-state index in [9.17, 15) is 9.59 Å². The van der Waals surface area contributed by atoms with E-state index in [1.54, 1.807) is 12.0 Å². The van der Waals surface area contributed by atoms with Crippen LogP contribution in [0.25, 0.3) is 10.9 Å². The minimum atomic E-state index is -0.442. The topological polar surface area (TPSA) is 71.6 Å². The molecule has 2 aromatic carbocycles. The normalized spacial score (nSPS) is 15.9. The molecule has 0 spiro atoms. The number of ether oxygens (including phenoxy) is 2. The Morgan fingerprint density at radius 3 is 2.61 bits per heavy atom. The van der Waals surface area contributed by atoms with Crippen LogP contribution in [0.2, 0.25) is 0 Å². The average Bonchev–Trinajstić information content (AvgIpc) is 3.29. The Morgan fingerprint density at radius 2 is 1.94 bits per heavy atom. The van der Waals surface area contributed by atoms with Crippen LogP contribution in [-0.4, -0.2) is 35.6 Å². The van der Waals surface area contributed by atoms with E-state index in [4.69, 9.17) is 9.47 Å². The van der Waals surface area contributed by atoms with Crippen molar-refractivity contribution in [1.82, 2.24) is 9.88 Å². The molecule has 1 atom stereocenters. The first kappa shape index (κ1) is 21.1. The van der Waals surface area contributed by atoms with Gasteiger partial charge in [-0.2, -0.15) is 0 Å². The molecule has 162 valence electrons. The average molecular weight is 421 g/mol. The predicted molar refractivity (Wildman–Crippen MR) is 120 cm³/mol. The van der Waals surface area contributed by atoms with E-state index >= 15 is 0 Å². The Kier molecular flexibility index (Phi) is 6.09. The number of rotatable bonds is 6. The van der Waals surface area contributed by atoms with E-state index < -0.39 is 6.10 Å². The summed E-state index contributed by atoms with van der Waals surface area (Å²) in [6.07, 6.45) is 1.15. The van der Waals surface area contributed by atoms with Crippen LogP contribution in [0, 0.1) is 13.8 Å². The number of benzene rings is 2. The quantitative estimate of drug-likeness (QED) is 0.657. The summed E-state index contributed by atoms with van der Waals surface area (Å²) in [6, 6.07) is 13.6. The predicted octanol–water partition coefficient (Wildman–Crippen LogP) is 3.86. The van der Waals surface area contributed by atoms with E-state index in [1.165, 1.54) is 0 Å². The Labute approximate surface area is 181 Å². The van der Waals surface area contributed by atoms with Gasteiger partial charge in [0.25, 0.3) is 11.5 Å². The Morgan fingerprint density at radius 1 is 1.16 bits per heavy atom. The fraction of sp³-hybridized carbons (Fsp3) is 0.360. The third-order valence-electron chi connectivity index (χ3n) is 5.80. The van der Waals surface area contributed by atoms with Gasteiger partial charge in [-0.15, -0.1) is 0 Å². The summed E-state index contributed by atoms with van der Waals surface area (Å²) in [5.74, 6) is 0.686. The van der Waals surface area contributed by atoms with Gasteiger partial charge >= 0.3 is 0 Å². The van der Waals surface area contributed by atoms with Crippen molar-refractivity contribution in [2.75, 3.05) is 13.7 Å². The van der Waals surface area contributed by atoms with Crippen LogP contribution in [-0.2, 0) is 22.6 Å². The van der Waals surface area contributed by atoms with Crippen molar-refractivity contribution in [3.8, 4) is 5.75 Å². The van der Waals surface area contributed by atoms with Crippen LogP contribution in [0.4, 0.5) is 0 Å². The van der Waals surface area contributed by atoms with Gasteiger partial charge in [-0.3, -0.25) is 9.59 Å². The summed E-state index contributed by atoms with van der Waals surface area (Å²) in [5.41, 5.74) is 4.38. The van der Waals surface area contributed by atoms with Crippen molar-refractivity contribution in [3.05, 3.63) is 75.1 Å². The second-order valence-electron chi connectivity index (χ2n) is 8.21. The van der Waals surface area contributed by atoms with Crippen LogP contribution in [0.1, 0.15) is 35.1 Å². The first-order valence-electron chi connectivity index (χ1n) is 10.6. The van der Waals surface area contributed by atoms with E-state index in [-0.39, 0.29) is 18.0 Å². The lowest BCUT2D eigenvalue weighted by atomic mass is 10.0. The molecule has 1 amide bonds. The first-order chi connectivity index (χ1) is 14.9. The molecule has 2 heterocycles. The van der Waals surface area contributed by atoms with Gasteiger partial charge in [0.15, 0.2) is 0 Å². The summed E-state index contributed by atoms with van der Waals surface area (Å²) in [5, 5.41) is 0.995. The van der Waals surface area contributed by atoms with Crippen molar-refractivity contribution in [3.63, 3.8) is 0 Å². The molecule has 0 bridgehead atoms. The smallest absolute Gasteiger partial charge is 0.253 e. The lowest BCUT2D eigenvalue weighted by molar-refractivity contribution is -0.142. The highest BCUT2D eigenvalue weighted by Gasteiger charge is 2.29. The van der Waals surface area contributed by atoms with Gasteiger partial charge in [0.1, 0.15) is 11.9 Å². The fourth-order valence-electron chi connectivity index (χ4n) is 4.18. The Hall–Kier alpha value is -3.12. The van der Waals surface area contributed by atoms with Crippen molar-refractivity contribution in [2.24, 2.45) is 0 Å². The van der Waals surface area contributed by atoms with Gasteiger partial charge in [0.05, 0.1) is 13.7 Å². The minimum absolute atomic E-state index is 0.0755. The molecule has 0 aliphatic carbocycles. The molecule has 4 rings (SSSR count). The number of hydrogen-bond donors (Lipinski definition) is 1. The highest BCUT2D eigenvalue weighted by Crippen LogP contribution is 2.22. The maximum absolute atomic E-state index is 13.2. The van der Waals surface area contributed by atoms with E-state index in [0.29, 0.717) is 25.1 Å². The summed E-state index contributed by atoms with van der Waals surface area (Å²) < 4.78 is 10.9. The molecule has 1 fully saturated rings. The maximum atomic E-state index is 13.2. The molecule has 6 nitrogen and oxygen atoms in total. The number of aryl methyl sites for hydroxylation is 2. The number of nitrogens with zero attached hydrogens (tertiary/aromatic N) is 1. The molecule has 1 saturated heterocycles. The number of aromatic amines is 1. The van der Waals surface area contributed by atoms with Gasteiger partial charge in [-0.1, -0.05) is 18.2 Å². The van der Waals surface area contributed by atoms with E-state index in [1.807, 2.05) is 50.2 Å². The highest BCUT2D eigenvalue weighted by molar-refractivity contribution is 5.84. The SMILES string of the molecule is COc1ccc(CN(Cc2cc3c(C)cc(C)cc3[nH]c2=O)C(=O)C2CCCO2)cc1.